The Morgan fingerprint density at radius 3 is 2.56 bits per heavy atom. The van der Waals surface area contributed by atoms with Crippen molar-refractivity contribution in [3.63, 3.8) is 0 Å². The first kappa shape index (κ1) is 21.7. The van der Waals surface area contributed by atoms with Crippen LogP contribution in [0.2, 0.25) is 0 Å². The molecule has 0 radical (unpaired) electrons. The third kappa shape index (κ3) is 4.25. The van der Waals surface area contributed by atoms with Crippen molar-refractivity contribution in [2.75, 3.05) is 10.6 Å². The van der Waals surface area contributed by atoms with Gasteiger partial charge in [-0.2, -0.15) is 0 Å². The average molecular weight is 450 g/mol. The van der Waals surface area contributed by atoms with Gasteiger partial charge in [0, 0.05) is 28.2 Å². The van der Waals surface area contributed by atoms with Gasteiger partial charge in [-0.05, 0) is 64.6 Å². The molecule has 1 aliphatic rings. The Morgan fingerprint density at radius 1 is 1.00 bits per heavy atom. The van der Waals surface area contributed by atoms with Crippen LogP contribution in [0.15, 0.2) is 72.8 Å². The lowest BCUT2D eigenvalue weighted by molar-refractivity contribution is -0.115. The molecule has 0 atom stereocenters. The van der Waals surface area contributed by atoms with Gasteiger partial charge in [0.1, 0.15) is 0 Å². The second-order valence-electron chi connectivity index (χ2n) is 9.71. The van der Waals surface area contributed by atoms with Crippen LogP contribution in [0.1, 0.15) is 37.5 Å². The lowest BCUT2D eigenvalue weighted by Crippen LogP contribution is -2.13. The summed E-state index contributed by atoms with van der Waals surface area (Å²) in [5.74, 6) is -0.233. The lowest BCUT2D eigenvalue weighted by Gasteiger charge is -2.19. The Bertz CT molecular complexity index is 1440. The number of aromatic nitrogens is 1. The van der Waals surface area contributed by atoms with E-state index in [9.17, 15) is 9.59 Å². The zero-order chi connectivity index (χ0) is 23.9. The van der Waals surface area contributed by atoms with Crippen LogP contribution in [-0.4, -0.2) is 16.8 Å². The molecule has 0 aliphatic carbocycles. The van der Waals surface area contributed by atoms with E-state index in [1.807, 2.05) is 48.5 Å². The molecule has 2 heterocycles. The van der Waals surface area contributed by atoms with Gasteiger partial charge in [-0.1, -0.05) is 51.1 Å². The normalized spacial score (nSPS) is 13.3. The highest BCUT2D eigenvalue weighted by atomic mass is 16.2. The van der Waals surface area contributed by atoms with Crippen molar-refractivity contribution >= 4 is 40.2 Å². The van der Waals surface area contributed by atoms with Crippen molar-refractivity contribution in [1.29, 1.82) is 0 Å². The fourth-order valence-corrected chi connectivity index (χ4v) is 4.34. The molecule has 1 aromatic heterocycles. The quantitative estimate of drug-likeness (QED) is 0.322. The summed E-state index contributed by atoms with van der Waals surface area (Å²) in [5.41, 5.74) is 7.50. The van der Waals surface area contributed by atoms with Crippen LogP contribution in [0, 0.1) is 0 Å². The molecule has 2 amide bonds. The van der Waals surface area contributed by atoms with Crippen LogP contribution in [0.3, 0.4) is 0 Å². The summed E-state index contributed by atoms with van der Waals surface area (Å²) in [5, 5.41) is 6.96. The number of anilines is 2. The van der Waals surface area contributed by atoms with E-state index in [1.54, 1.807) is 6.08 Å². The second kappa shape index (κ2) is 8.34. The fraction of sp³-hybridized carbons (Fsp3) is 0.172. The Hall–Kier alpha value is -4.12. The minimum Gasteiger partial charge on any atom is -0.354 e. The summed E-state index contributed by atoms with van der Waals surface area (Å²) in [6.07, 6.45) is 3.61. The molecule has 5 rings (SSSR count). The Morgan fingerprint density at radius 2 is 1.79 bits per heavy atom. The minimum absolute atomic E-state index is 0.0154. The maximum absolute atomic E-state index is 12.7. The van der Waals surface area contributed by atoms with Gasteiger partial charge in [0.15, 0.2) is 0 Å². The molecule has 5 heteroatoms. The van der Waals surface area contributed by atoms with Crippen molar-refractivity contribution < 1.29 is 9.59 Å². The number of para-hydroxylation sites is 1. The third-order valence-corrected chi connectivity index (χ3v) is 6.17. The van der Waals surface area contributed by atoms with Gasteiger partial charge in [-0.15, -0.1) is 0 Å². The third-order valence-electron chi connectivity index (χ3n) is 6.17. The smallest absolute Gasteiger partial charge is 0.248 e. The van der Waals surface area contributed by atoms with E-state index in [1.165, 1.54) is 11.6 Å². The molecule has 0 unspecified atom stereocenters. The predicted octanol–water partition coefficient (Wildman–Crippen LogP) is 6.28. The number of H-pyrrole nitrogens is 1. The van der Waals surface area contributed by atoms with E-state index < -0.39 is 0 Å². The molecule has 3 aromatic carbocycles. The largest absolute Gasteiger partial charge is 0.354 e. The number of rotatable bonds is 3. The molecule has 0 fully saturated rings. The number of hydrogen-bond acceptors (Lipinski definition) is 2. The summed E-state index contributed by atoms with van der Waals surface area (Å²) >= 11 is 0. The van der Waals surface area contributed by atoms with Crippen molar-refractivity contribution in [3.8, 4) is 11.3 Å². The molecule has 1 aliphatic heterocycles. The van der Waals surface area contributed by atoms with Crippen LogP contribution in [0.4, 0.5) is 11.4 Å². The molecule has 170 valence electrons. The topological polar surface area (TPSA) is 74.0 Å². The van der Waals surface area contributed by atoms with Gasteiger partial charge in [0.2, 0.25) is 11.8 Å². The van der Waals surface area contributed by atoms with Crippen LogP contribution in [0.5, 0.6) is 0 Å². The Balaban J connectivity index is 1.52. The summed E-state index contributed by atoms with van der Waals surface area (Å²) in [7, 11) is 0. The molecule has 34 heavy (non-hydrogen) atoms. The average Bonchev–Trinajstić information content (AvgIpc) is 3.09. The maximum atomic E-state index is 12.7. The van der Waals surface area contributed by atoms with Crippen LogP contribution >= 0.6 is 0 Å². The number of fused-ring (bicyclic) bond motifs is 5. The molecule has 0 saturated heterocycles. The first-order valence-corrected chi connectivity index (χ1v) is 11.4. The first-order valence-electron chi connectivity index (χ1n) is 11.4. The van der Waals surface area contributed by atoms with Crippen molar-refractivity contribution in [2.45, 2.75) is 32.6 Å². The van der Waals surface area contributed by atoms with E-state index in [0.717, 1.165) is 44.7 Å². The van der Waals surface area contributed by atoms with E-state index >= 15 is 0 Å². The van der Waals surface area contributed by atoms with Crippen molar-refractivity contribution in [1.82, 2.24) is 4.98 Å². The predicted molar refractivity (Wildman–Crippen MR) is 139 cm³/mol. The highest BCUT2D eigenvalue weighted by Crippen LogP contribution is 2.39. The summed E-state index contributed by atoms with van der Waals surface area (Å²) < 4.78 is 0. The molecular weight excluding hydrogens is 422 g/mol. The summed E-state index contributed by atoms with van der Waals surface area (Å²) in [6.45, 7) is 6.57. The first-order chi connectivity index (χ1) is 16.3. The molecule has 0 bridgehead atoms. The highest BCUT2D eigenvalue weighted by molar-refractivity contribution is 6.06. The van der Waals surface area contributed by atoms with Gasteiger partial charge in [-0.25, -0.2) is 0 Å². The van der Waals surface area contributed by atoms with Crippen LogP contribution in [-0.2, 0) is 21.4 Å². The van der Waals surface area contributed by atoms with Gasteiger partial charge in [0.05, 0.1) is 17.8 Å². The van der Waals surface area contributed by atoms with Gasteiger partial charge in [0.25, 0.3) is 0 Å². The lowest BCUT2D eigenvalue weighted by atomic mass is 9.86. The van der Waals surface area contributed by atoms with E-state index in [0.29, 0.717) is 6.42 Å². The van der Waals surface area contributed by atoms with Crippen molar-refractivity contribution in [3.05, 3.63) is 89.5 Å². The summed E-state index contributed by atoms with van der Waals surface area (Å²) in [4.78, 5) is 28.6. The number of benzene rings is 3. The molecule has 0 spiro atoms. The number of carbonyl (C=O) groups excluding carboxylic acids is 2. The Labute approximate surface area is 198 Å². The molecule has 0 saturated carbocycles. The SMILES string of the molecule is CC(C)(C)c1ccc2[nH]c3c(c2c1)CC(=O)Nc1ccc(/C=C/C(=O)Nc2ccccc2)cc1-3. The van der Waals surface area contributed by atoms with Crippen molar-refractivity contribution in [2.24, 2.45) is 0 Å². The monoisotopic (exact) mass is 449 g/mol. The molecule has 3 N–H and O–H groups in total. The van der Waals surface area contributed by atoms with E-state index in [4.69, 9.17) is 0 Å². The minimum atomic E-state index is -0.199. The van der Waals surface area contributed by atoms with E-state index in [2.05, 4.69) is 54.6 Å². The van der Waals surface area contributed by atoms with Gasteiger partial charge < -0.3 is 15.6 Å². The fourth-order valence-electron chi connectivity index (χ4n) is 4.34. The van der Waals surface area contributed by atoms with Gasteiger partial charge in [-0.3, -0.25) is 9.59 Å². The number of aromatic amines is 1. The van der Waals surface area contributed by atoms with Crippen LogP contribution < -0.4 is 10.6 Å². The molecular formula is C29H27N3O2. The number of nitrogens with one attached hydrogen (secondary N) is 3. The maximum Gasteiger partial charge on any atom is 0.248 e. The second-order valence-corrected chi connectivity index (χ2v) is 9.71. The van der Waals surface area contributed by atoms with Gasteiger partial charge >= 0.3 is 0 Å². The van der Waals surface area contributed by atoms with E-state index in [-0.39, 0.29) is 17.2 Å². The standard InChI is InChI=1S/C29H27N3O2/c1-29(2,3)19-11-13-24-21(16-19)22-17-27(34)31-25-12-9-18(15-23(25)28(22)32-24)10-14-26(33)30-20-7-5-4-6-8-20/h4-16,32H,17H2,1-3H3,(H,30,33)(H,31,34)/b14-10+. The number of carbonyl (C=O) groups is 2. The molecule has 5 nitrogen and oxygen atoms in total. The zero-order valence-corrected chi connectivity index (χ0v) is 19.5. The Kier molecular flexibility index (Phi) is 5.33. The highest BCUT2D eigenvalue weighted by Gasteiger charge is 2.24. The number of amides is 2. The number of hydrogen-bond donors (Lipinski definition) is 3. The summed E-state index contributed by atoms with van der Waals surface area (Å²) in [6, 6.07) is 21.6. The van der Waals surface area contributed by atoms with Crippen LogP contribution in [0.25, 0.3) is 28.2 Å². The zero-order valence-electron chi connectivity index (χ0n) is 19.5. The molecule has 4 aromatic rings.